The van der Waals surface area contributed by atoms with Gasteiger partial charge in [-0.2, -0.15) is 0 Å². The van der Waals surface area contributed by atoms with Crippen molar-refractivity contribution >= 4 is 27.3 Å². The van der Waals surface area contributed by atoms with Gasteiger partial charge in [-0.05, 0) is 12.1 Å². The van der Waals surface area contributed by atoms with Crippen molar-refractivity contribution in [1.29, 1.82) is 0 Å². The third kappa shape index (κ3) is 3.27. The molecule has 0 fully saturated rings. The molecule has 0 aliphatic carbocycles. The maximum atomic E-state index is 13.1. The Bertz CT molecular complexity index is 703. The zero-order valence-corrected chi connectivity index (χ0v) is 11.8. The van der Waals surface area contributed by atoms with E-state index >= 15 is 0 Å². The summed E-state index contributed by atoms with van der Waals surface area (Å²) in [4.78, 5) is 6.56. The number of aromatic amines is 1. The summed E-state index contributed by atoms with van der Waals surface area (Å²) in [5.74, 6) is -0.109. The number of nitrogens with one attached hydrogen (secondary N) is 2. The molecule has 1 aromatic heterocycles. The summed E-state index contributed by atoms with van der Waals surface area (Å²) < 4.78 is 39.6. The zero-order valence-electron chi connectivity index (χ0n) is 10.2. The standard InChI is InChI=1S/C11H12ClFN4O2S/c12-7-5-8(13)9(14)6-10(7)20(18,19)17-2-1-11-15-3-4-16-11/h3-6,17H,1-2,14H2,(H,15,16). The molecule has 4 N–H and O–H groups in total. The Hall–Kier alpha value is -1.64. The monoisotopic (exact) mass is 318 g/mol. The van der Waals surface area contributed by atoms with Gasteiger partial charge in [0.05, 0.1) is 10.7 Å². The van der Waals surface area contributed by atoms with E-state index in [1.807, 2.05) is 0 Å². The van der Waals surface area contributed by atoms with Crippen molar-refractivity contribution in [3.8, 4) is 0 Å². The molecule has 0 atom stereocenters. The second-order valence-corrected chi connectivity index (χ2v) is 6.13. The highest BCUT2D eigenvalue weighted by Gasteiger charge is 2.19. The average Bonchev–Trinajstić information content (AvgIpc) is 2.86. The van der Waals surface area contributed by atoms with E-state index in [2.05, 4.69) is 14.7 Å². The summed E-state index contributed by atoms with van der Waals surface area (Å²) in [6.07, 6.45) is 3.60. The number of imidazole rings is 1. The van der Waals surface area contributed by atoms with Gasteiger partial charge < -0.3 is 10.7 Å². The molecule has 9 heteroatoms. The maximum Gasteiger partial charge on any atom is 0.242 e. The maximum absolute atomic E-state index is 13.1. The van der Waals surface area contributed by atoms with Gasteiger partial charge in [0.25, 0.3) is 0 Å². The fourth-order valence-corrected chi connectivity index (χ4v) is 3.15. The molecule has 2 rings (SSSR count). The second kappa shape index (κ2) is 5.78. The molecule has 0 spiro atoms. The fourth-order valence-electron chi connectivity index (χ4n) is 1.57. The van der Waals surface area contributed by atoms with E-state index in [1.165, 1.54) is 0 Å². The SMILES string of the molecule is Nc1cc(S(=O)(=O)NCCc2ncc[nH]2)c(Cl)cc1F. The molecule has 0 amide bonds. The lowest BCUT2D eigenvalue weighted by Gasteiger charge is -2.09. The van der Waals surface area contributed by atoms with Gasteiger partial charge in [0.2, 0.25) is 10.0 Å². The van der Waals surface area contributed by atoms with Crippen molar-refractivity contribution in [1.82, 2.24) is 14.7 Å². The van der Waals surface area contributed by atoms with Crippen LogP contribution in [0.3, 0.4) is 0 Å². The lowest BCUT2D eigenvalue weighted by molar-refractivity contribution is 0.580. The molecular formula is C11H12ClFN4O2S. The minimum atomic E-state index is -3.85. The van der Waals surface area contributed by atoms with E-state index in [1.54, 1.807) is 12.4 Å². The Morgan fingerprint density at radius 3 is 2.85 bits per heavy atom. The molecule has 0 saturated heterocycles. The van der Waals surface area contributed by atoms with Crippen LogP contribution < -0.4 is 10.5 Å². The van der Waals surface area contributed by atoms with Gasteiger partial charge in [-0.1, -0.05) is 11.6 Å². The molecule has 2 aromatic rings. The highest BCUT2D eigenvalue weighted by atomic mass is 35.5. The number of aromatic nitrogens is 2. The summed E-state index contributed by atoms with van der Waals surface area (Å²) in [7, 11) is -3.85. The van der Waals surface area contributed by atoms with Gasteiger partial charge in [0, 0.05) is 25.4 Å². The van der Waals surface area contributed by atoms with Crippen LogP contribution in [0.15, 0.2) is 29.4 Å². The molecule has 0 saturated carbocycles. The van der Waals surface area contributed by atoms with Crippen molar-refractivity contribution in [2.45, 2.75) is 11.3 Å². The van der Waals surface area contributed by atoms with Crippen LogP contribution in [0.25, 0.3) is 0 Å². The molecule has 0 unspecified atom stereocenters. The molecular weight excluding hydrogens is 307 g/mol. The Labute approximate surface area is 120 Å². The van der Waals surface area contributed by atoms with E-state index in [4.69, 9.17) is 17.3 Å². The van der Waals surface area contributed by atoms with Crippen molar-refractivity contribution in [2.75, 3.05) is 12.3 Å². The van der Waals surface area contributed by atoms with E-state index in [-0.39, 0.29) is 22.2 Å². The lowest BCUT2D eigenvalue weighted by atomic mass is 10.3. The molecule has 0 aliphatic heterocycles. The average molecular weight is 319 g/mol. The Morgan fingerprint density at radius 2 is 2.20 bits per heavy atom. The predicted molar refractivity (Wildman–Crippen MR) is 73.3 cm³/mol. The highest BCUT2D eigenvalue weighted by Crippen LogP contribution is 2.26. The minimum absolute atomic E-state index is 0.128. The van der Waals surface area contributed by atoms with Crippen LogP contribution in [0.2, 0.25) is 5.02 Å². The Balaban J connectivity index is 2.12. The first-order valence-corrected chi connectivity index (χ1v) is 7.48. The molecule has 0 radical (unpaired) electrons. The first-order valence-electron chi connectivity index (χ1n) is 5.62. The van der Waals surface area contributed by atoms with Gasteiger partial charge in [-0.3, -0.25) is 0 Å². The number of halogens is 2. The van der Waals surface area contributed by atoms with Crippen LogP contribution in [0, 0.1) is 5.82 Å². The van der Waals surface area contributed by atoms with Gasteiger partial charge >= 0.3 is 0 Å². The van der Waals surface area contributed by atoms with Crippen molar-refractivity contribution in [3.63, 3.8) is 0 Å². The zero-order chi connectivity index (χ0) is 14.8. The first-order chi connectivity index (χ1) is 9.40. The number of anilines is 1. The minimum Gasteiger partial charge on any atom is -0.396 e. The second-order valence-electron chi connectivity index (χ2n) is 3.99. The van der Waals surface area contributed by atoms with Crippen LogP contribution in [-0.2, 0) is 16.4 Å². The third-order valence-corrected chi connectivity index (χ3v) is 4.48. The number of hydrogen-bond donors (Lipinski definition) is 3. The van der Waals surface area contributed by atoms with Gasteiger partial charge in [-0.15, -0.1) is 0 Å². The van der Waals surface area contributed by atoms with Crippen LogP contribution in [0.4, 0.5) is 10.1 Å². The number of sulfonamides is 1. The molecule has 1 aromatic carbocycles. The Morgan fingerprint density at radius 1 is 1.45 bits per heavy atom. The van der Waals surface area contributed by atoms with Gasteiger partial charge in [0.1, 0.15) is 16.5 Å². The number of nitrogens with zero attached hydrogens (tertiary/aromatic N) is 1. The van der Waals surface area contributed by atoms with Crippen LogP contribution in [0.5, 0.6) is 0 Å². The van der Waals surface area contributed by atoms with Gasteiger partial charge in [0.15, 0.2) is 0 Å². The van der Waals surface area contributed by atoms with Crippen LogP contribution in [-0.4, -0.2) is 24.9 Å². The first kappa shape index (κ1) is 14.8. The Kier molecular flexibility index (Phi) is 4.26. The number of hydrogen-bond acceptors (Lipinski definition) is 4. The molecule has 20 heavy (non-hydrogen) atoms. The quantitative estimate of drug-likeness (QED) is 0.723. The number of H-pyrrole nitrogens is 1. The number of nitrogens with two attached hydrogens (primary N) is 1. The fraction of sp³-hybridized carbons (Fsp3) is 0.182. The number of nitrogen functional groups attached to an aromatic ring is 1. The molecule has 0 aliphatic rings. The third-order valence-electron chi connectivity index (χ3n) is 2.55. The summed E-state index contributed by atoms with van der Waals surface area (Å²) in [5.41, 5.74) is 5.07. The summed E-state index contributed by atoms with van der Waals surface area (Å²) >= 11 is 5.73. The van der Waals surface area contributed by atoms with E-state index in [0.29, 0.717) is 12.2 Å². The molecule has 108 valence electrons. The highest BCUT2D eigenvalue weighted by molar-refractivity contribution is 7.89. The predicted octanol–water partition coefficient (Wildman–Crippen LogP) is 1.31. The lowest BCUT2D eigenvalue weighted by Crippen LogP contribution is -2.26. The largest absolute Gasteiger partial charge is 0.396 e. The van der Waals surface area contributed by atoms with E-state index in [0.717, 1.165) is 12.1 Å². The van der Waals surface area contributed by atoms with Crippen LogP contribution >= 0.6 is 11.6 Å². The number of benzene rings is 1. The number of rotatable bonds is 5. The normalized spacial score (nSPS) is 11.7. The molecule has 1 heterocycles. The summed E-state index contributed by atoms with van der Waals surface area (Å²) in [6.45, 7) is 0.128. The topological polar surface area (TPSA) is 101 Å². The smallest absolute Gasteiger partial charge is 0.242 e. The van der Waals surface area contributed by atoms with E-state index < -0.39 is 15.8 Å². The van der Waals surface area contributed by atoms with E-state index in [9.17, 15) is 12.8 Å². The van der Waals surface area contributed by atoms with Gasteiger partial charge in [-0.25, -0.2) is 22.5 Å². The molecule has 6 nitrogen and oxygen atoms in total. The van der Waals surface area contributed by atoms with Crippen molar-refractivity contribution in [3.05, 3.63) is 41.2 Å². The summed E-state index contributed by atoms with van der Waals surface area (Å²) in [5, 5.41) is -0.220. The van der Waals surface area contributed by atoms with Crippen molar-refractivity contribution in [2.24, 2.45) is 0 Å². The van der Waals surface area contributed by atoms with Crippen molar-refractivity contribution < 1.29 is 12.8 Å². The van der Waals surface area contributed by atoms with Crippen LogP contribution in [0.1, 0.15) is 5.82 Å². The molecule has 0 bridgehead atoms. The summed E-state index contributed by atoms with van der Waals surface area (Å²) in [6, 6.07) is 1.87.